The number of hydrogen-bond donors (Lipinski definition) is 3. The Morgan fingerprint density at radius 3 is 2.47 bits per heavy atom. The third-order valence-corrected chi connectivity index (χ3v) is 7.53. The number of amides is 2. The fraction of sp³-hybridized carbons (Fsp3) is 0.609. The van der Waals surface area contributed by atoms with Gasteiger partial charge in [-0.1, -0.05) is 0 Å². The Balaban J connectivity index is 1.66. The zero-order chi connectivity index (χ0) is 23.3. The third kappa shape index (κ3) is 3.85. The maximum atomic E-state index is 15.2. The lowest BCUT2D eigenvalue weighted by atomic mass is 9.73. The molecule has 172 valence electrons. The summed E-state index contributed by atoms with van der Waals surface area (Å²) in [5, 5.41) is 24.8. The smallest absolute Gasteiger partial charge is 0.223 e. The number of rotatable bonds is 5. The third-order valence-electron chi connectivity index (χ3n) is 7.53. The number of fused-ring (bicyclic) bond motifs is 2. The van der Waals surface area contributed by atoms with Gasteiger partial charge in [0.15, 0.2) is 0 Å². The molecule has 1 aromatic rings. The average Bonchev–Trinajstić information content (AvgIpc) is 3.38. The van der Waals surface area contributed by atoms with Crippen molar-refractivity contribution in [3.63, 3.8) is 0 Å². The minimum atomic E-state index is -1.41. The van der Waals surface area contributed by atoms with Crippen molar-refractivity contribution in [2.24, 2.45) is 11.3 Å². The first-order chi connectivity index (χ1) is 15.1. The van der Waals surface area contributed by atoms with Gasteiger partial charge in [-0.2, -0.15) is 5.26 Å². The van der Waals surface area contributed by atoms with Crippen molar-refractivity contribution in [1.29, 1.82) is 5.26 Å². The van der Waals surface area contributed by atoms with E-state index in [0.29, 0.717) is 12.8 Å². The van der Waals surface area contributed by atoms with Crippen molar-refractivity contribution in [2.75, 3.05) is 0 Å². The number of nitrogens with zero attached hydrogens (tertiary/aromatic N) is 1. The second kappa shape index (κ2) is 8.07. The molecule has 3 aliphatic rings. The van der Waals surface area contributed by atoms with Crippen LogP contribution in [-0.4, -0.2) is 34.7 Å². The van der Waals surface area contributed by atoms with Crippen molar-refractivity contribution >= 4 is 11.8 Å². The Labute approximate surface area is 184 Å². The molecule has 0 saturated heterocycles. The van der Waals surface area contributed by atoms with Crippen molar-refractivity contribution in [2.45, 2.75) is 75.7 Å². The van der Waals surface area contributed by atoms with Gasteiger partial charge in [-0.05, 0) is 62.5 Å². The zero-order valence-electron chi connectivity index (χ0n) is 17.8. The molecule has 4 atom stereocenters. The number of nitriles is 1. The van der Waals surface area contributed by atoms with Crippen LogP contribution in [0.3, 0.4) is 0 Å². The van der Waals surface area contributed by atoms with E-state index < -0.39 is 58.3 Å². The first-order valence-electron chi connectivity index (χ1n) is 10.9. The minimum Gasteiger partial charge on any atom is -0.391 e. The lowest BCUT2D eigenvalue weighted by Crippen LogP contribution is -2.43. The maximum Gasteiger partial charge on any atom is 0.223 e. The number of aliphatic hydroxyl groups is 1. The Bertz CT molecular complexity index is 985. The summed E-state index contributed by atoms with van der Waals surface area (Å²) in [7, 11) is 0. The number of aliphatic hydroxyl groups excluding tert-OH is 1. The van der Waals surface area contributed by atoms with E-state index in [9.17, 15) is 28.7 Å². The topological polar surface area (TPSA) is 102 Å². The van der Waals surface area contributed by atoms with Crippen LogP contribution in [0, 0.1) is 34.3 Å². The molecule has 2 bridgehead atoms. The molecule has 0 spiro atoms. The van der Waals surface area contributed by atoms with Crippen LogP contribution < -0.4 is 10.6 Å². The molecule has 3 saturated carbocycles. The molecule has 2 amide bonds. The molecule has 4 rings (SSSR count). The molecule has 9 heteroatoms. The molecule has 0 aliphatic heterocycles. The second-order valence-electron chi connectivity index (χ2n) is 9.61. The fourth-order valence-corrected chi connectivity index (χ4v) is 5.93. The van der Waals surface area contributed by atoms with Gasteiger partial charge in [0.1, 0.15) is 23.4 Å². The number of alkyl halides is 1. The van der Waals surface area contributed by atoms with Crippen molar-refractivity contribution < 1.29 is 27.9 Å². The zero-order valence-corrected chi connectivity index (χ0v) is 17.8. The monoisotopic (exact) mass is 449 g/mol. The van der Waals surface area contributed by atoms with Gasteiger partial charge in [0, 0.05) is 18.4 Å². The van der Waals surface area contributed by atoms with Crippen LogP contribution >= 0.6 is 0 Å². The molecule has 6 nitrogen and oxygen atoms in total. The van der Waals surface area contributed by atoms with Crippen molar-refractivity contribution in [3.05, 3.63) is 34.9 Å². The lowest BCUT2D eigenvalue weighted by Gasteiger charge is -2.37. The van der Waals surface area contributed by atoms with Crippen LogP contribution in [0.1, 0.15) is 69.0 Å². The van der Waals surface area contributed by atoms with Crippen LogP contribution in [0.25, 0.3) is 0 Å². The van der Waals surface area contributed by atoms with Gasteiger partial charge >= 0.3 is 0 Å². The summed E-state index contributed by atoms with van der Waals surface area (Å²) in [6.45, 7) is 1.31. The molecule has 3 N–H and O–H groups in total. The summed E-state index contributed by atoms with van der Waals surface area (Å²) in [5.74, 6) is -3.46. The summed E-state index contributed by atoms with van der Waals surface area (Å²) in [4.78, 5) is 24.5. The molecule has 32 heavy (non-hydrogen) atoms. The molecule has 3 fully saturated rings. The summed E-state index contributed by atoms with van der Waals surface area (Å²) in [6, 6.07) is 2.00. The Morgan fingerprint density at radius 1 is 1.22 bits per heavy atom. The number of halogens is 3. The standard InChI is InChI=1S/C23H26F3N3O3/c1-12(30)28-16-8-14(9-17(16)31)21(32)29-20(22-4-6-23(26,11-22)7-5-22)18-15(24)3-2-13(10-27)19(18)25/h2-3,14,16-17,20,31H,4-9,11H2,1H3,(H,28,30)(H,29,32)/t14-,16-,17+,20+,22?,23?/m0/s1. The predicted molar refractivity (Wildman–Crippen MR) is 108 cm³/mol. The van der Waals surface area contributed by atoms with E-state index in [0.717, 1.165) is 12.1 Å². The SMILES string of the molecule is CC(=O)N[C@H]1C[C@H](C(=O)N[C@H](c2c(F)ccc(C#N)c2F)C23CCC(F)(CC2)C3)C[C@H]1O. The van der Waals surface area contributed by atoms with Gasteiger partial charge in [-0.15, -0.1) is 0 Å². The molecule has 3 aliphatic carbocycles. The van der Waals surface area contributed by atoms with Crippen LogP contribution in [0.15, 0.2) is 12.1 Å². The highest BCUT2D eigenvalue weighted by Gasteiger charge is 2.59. The number of benzene rings is 1. The molecule has 0 unspecified atom stereocenters. The summed E-state index contributed by atoms with van der Waals surface area (Å²) < 4.78 is 45.0. The van der Waals surface area contributed by atoms with Crippen LogP contribution in [0.4, 0.5) is 13.2 Å². The normalized spacial score (nSPS) is 34.2. The van der Waals surface area contributed by atoms with E-state index in [2.05, 4.69) is 10.6 Å². The summed E-state index contributed by atoms with van der Waals surface area (Å²) in [5.41, 5.74) is -3.03. The number of nitrogens with one attached hydrogen (secondary N) is 2. The minimum absolute atomic E-state index is 0.0857. The largest absolute Gasteiger partial charge is 0.391 e. The number of hydrogen-bond acceptors (Lipinski definition) is 4. The van der Waals surface area contributed by atoms with Crippen molar-refractivity contribution in [3.8, 4) is 6.07 Å². The van der Waals surface area contributed by atoms with Crippen LogP contribution in [0.2, 0.25) is 0 Å². The van der Waals surface area contributed by atoms with Gasteiger partial charge in [0.25, 0.3) is 0 Å². The van der Waals surface area contributed by atoms with Crippen LogP contribution in [0.5, 0.6) is 0 Å². The fourth-order valence-electron chi connectivity index (χ4n) is 5.93. The van der Waals surface area contributed by atoms with E-state index in [4.69, 9.17) is 0 Å². The van der Waals surface area contributed by atoms with Crippen molar-refractivity contribution in [1.82, 2.24) is 10.6 Å². The van der Waals surface area contributed by atoms with E-state index in [1.807, 2.05) is 0 Å². The van der Waals surface area contributed by atoms with Gasteiger partial charge in [0.05, 0.1) is 23.8 Å². The number of carbonyl (C=O) groups is 2. The van der Waals surface area contributed by atoms with E-state index in [-0.39, 0.29) is 43.6 Å². The number of carbonyl (C=O) groups excluding carboxylic acids is 2. The van der Waals surface area contributed by atoms with Gasteiger partial charge in [-0.3, -0.25) is 9.59 Å². The summed E-state index contributed by atoms with van der Waals surface area (Å²) in [6.07, 6.45) is 0.689. The molecule has 0 radical (unpaired) electrons. The van der Waals surface area contributed by atoms with E-state index in [1.54, 1.807) is 6.07 Å². The summed E-state index contributed by atoms with van der Waals surface area (Å²) >= 11 is 0. The van der Waals surface area contributed by atoms with Gasteiger partial charge < -0.3 is 15.7 Å². The predicted octanol–water partition coefficient (Wildman–Crippen LogP) is 2.94. The molecule has 0 aromatic heterocycles. The highest BCUT2D eigenvalue weighted by Crippen LogP contribution is 2.63. The van der Waals surface area contributed by atoms with Gasteiger partial charge in [-0.25, -0.2) is 13.2 Å². The average molecular weight is 449 g/mol. The highest BCUT2D eigenvalue weighted by molar-refractivity contribution is 5.80. The van der Waals surface area contributed by atoms with Gasteiger partial charge in [0.2, 0.25) is 11.8 Å². The highest BCUT2D eigenvalue weighted by atomic mass is 19.1. The molecular weight excluding hydrogens is 423 g/mol. The van der Waals surface area contributed by atoms with E-state index in [1.165, 1.54) is 6.92 Å². The first-order valence-corrected chi connectivity index (χ1v) is 10.9. The molecule has 1 aromatic carbocycles. The second-order valence-corrected chi connectivity index (χ2v) is 9.61. The Hall–Kier alpha value is -2.60. The first kappa shape index (κ1) is 22.6. The lowest BCUT2D eigenvalue weighted by molar-refractivity contribution is -0.127. The Morgan fingerprint density at radius 2 is 1.91 bits per heavy atom. The molecule has 0 heterocycles. The Kier molecular flexibility index (Phi) is 5.70. The maximum absolute atomic E-state index is 15.2. The van der Waals surface area contributed by atoms with Crippen LogP contribution in [-0.2, 0) is 9.59 Å². The van der Waals surface area contributed by atoms with E-state index >= 15 is 4.39 Å². The quantitative estimate of drug-likeness (QED) is 0.643. The molecular formula is C23H26F3N3O3.